The first-order valence-electron chi connectivity index (χ1n) is 15.7. The molecule has 12 heteroatoms. The van der Waals surface area contributed by atoms with Crippen LogP contribution in [0.1, 0.15) is 72.9 Å². The number of nitrogens with zero attached hydrogens (tertiary/aromatic N) is 8. The molecule has 236 valence electrons. The molecule has 4 heterocycles. The smallest absolute Gasteiger partial charge is 0.220 e. The van der Waals surface area contributed by atoms with E-state index >= 15 is 0 Å². The Morgan fingerprint density at radius 1 is 1.17 bits per heavy atom. The van der Waals surface area contributed by atoms with Gasteiger partial charge in [-0.1, -0.05) is 11.6 Å². The van der Waals surface area contributed by atoms with Crippen LogP contribution in [-0.2, 0) is 11.8 Å². The van der Waals surface area contributed by atoms with Crippen molar-refractivity contribution in [1.82, 2.24) is 44.6 Å². The number of nitrogens with one attached hydrogen (secondary N) is 2. The molecule has 2 N–H and O–H groups in total. The first-order valence-corrected chi connectivity index (χ1v) is 16.2. The highest BCUT2D eigenvalue weighted by molar-refractivity contribution is 6.24. The first kappa shape index (κ1) is 30.1. The molecule has 5 aromatic rings. The van der Waals surface area contributed by atoms with E-state index < -0.39 is 0 Å². The minimum absolute atomic E-state index is 0.0147. The number of imidazole rings is 1. The van der Waals surface area contributed by atoms with Crippen LogP contribution < -0.4 is 5.32 Å². The van der Waals surface area contributed by atoms with E-state index in [1.165, 1.54) is 49.3 Å². The van der Waals surface area contributed by atoms with Crippen LogP contribution in [0.3, 0.4) is 0 Å². The van der Waals surface area contributed by atoms with Gasteiger partial charge in [0, 0.05) is 59.2 Å². The van der Waals surface area contributed by atoms with Gasteiger partial charge in [0.2, 0.25) is 12.2 Å². The minimum Gasteiger partial charge on any atom is -0.316 e. The van der Waals surface area contributed by atoms with Crippen LogP contribution in [0.2, 0.25) is 0 Å². The lowest BCUT2D eigenvalue weighted by atomic mass is 9.79. The zero-order valence-electron chi connectivity index (χ0n) is 26.4. The molecular formula is C34H37ClN10O. The Balaban J connectivity index is 0.000000326. The number of benzene rings is 1. The fraction of sp³-hybridized carbons (Fsp3) is 0.412. The molecule has 2 bridgehead atoms. The molecule has 0 amide bonds. The van der Waals surface area contributed by atoms with Gasteiger partial charge in [0.25, 0.3) is 0 Å². The minimum atomic E-state index is -0.154. The molecule has 4 atom stereocenters. The number of rotatable bonds is 5. The van der Waals surface area contributed by atoms with Crippen LogP contribution in [0.5, 0.6) is 0 Å². The number of alkyl halides is 1. The number of aromatic amines is 1. The van der Waals surface area contributed by atoms with Gasteiger partial charge in [-0.15, -0.1) is 11.6 Å². The van der Waals surface area contributed by atoms with Gasteiger partial charge in [-0.2, -0.15) is 20.6 Å². The standard InChI is InChI=1S/C29H34ClN7.C5H3N3O/c1-15-9-23-22(14-32-34-23)26(27(15)30)25-16(2)37(21-11-18-5-6-19(12-21)28(18)31-3)35-29(25)17-7-8-24-20(10-17)13-33-36(24)4;6-3-5-7-1-2-8(5)4-9/h7-10,13-14,18-19,21,26-28,31H,5-6,11-12H2,1-4H3,(H,32,34);1-2,4H. The SMILES string of the molecule is CNC1C2CCC1CC(n1nc(-c3ccc4c(cnn4C)c3)c(C3c4cn[nH]c4C=C(C)C3Cl)c1C)C2.N#Cc1nccn1C=O. The third-order valence-corrected chi connectivity index (χ3v) is 10.9. The summed E-state index contributed by atoms with van der Waals surface area (Å²) in [5.74, 6) is 1.54. The number of aryl methyl sites for hydroxylation is 1. The Hall–Kier alpha value is -4.53. The van der Waals surface area contributed by atoms with E-state index in [9.17, 15) is 4.79 Å². The molecule has 0 radical (unpaired) electrons. The van der Waals surface area contributed by atoms with Crippen LogP contribution >= 0.6 is 11.6 Å². The number of carbonyl (C=O) groups is 1. The highest BCUT2D eigenvalue weighted by atomic mass is 35.5. The largest absolute Gasteiger partial charge is 0.316 e. The fourth-order valence-electron chi connectivity index (χ4n) is 8.13. The molecule has 4 aromatic heterocycles. The van der Waals surface area contributed by atoms with E-state index in [1.807, 2.05) is 24.1 Å². The molecule has 2 fully saturated rings. The summed E-state index contributed by atoms with van der Waals surface area (Å²) in [5, 5.41) is 30.3. The molecule has 11 nitrogen and oxygen atoms in total. The monoisotopic (exact) mass is 636 g/mol. The lowest BCUT2D eigenvalue weighted by Gasteiger charge is -2.36. The quantitative estimate of drug-likeness (QED) is 0.196. The van der Waals surface area contributed by atoms with E-state index in [2.05, 4.69) is 75.4 Å². The van der Waals surface area contributed by atoms with Crippen LogP contribution in [-0.4, -0.2) is 64.2 Å². The van der Waals surface area contributed by atoms with Crippen molar-refractivity contribution in [3.05, 3.63) is 76.9 Å². The second kappa shape index (κ2) is 12.0. The Labute approximate surface area is 272 Å². The second-order valence-electron chi connectivity index (χ2n) is 12.8. The third kappa shape index (κ3) is 4.96. The molecular weight excluding hydrogens is 600 g/mol. The van der Waals surface area contributed by atoms with Crippen LogP contribution in [0.4, 0.5) is 0 Å². The maximum atomic E-state index is 10.0. The van der Waals surface area contributed by atoms with Crippen molar-refractivity contribution in [2.45, 2.75) is 62.9 Å². The number of carbonyl (C=O) groups excluding carboxylic acids is 1. The van der Waals surface area contributed by atoms with Crippen molar-refractivity contribution in [3.63, 3.8) is 0 Å². The van der Waals surface area contributed by atoms with E-state index in [1.54, 1.807) is 6.07 Å². The third-order valence-electron chi connectivity index (χ3n) is 10.3. The van der Waals surface area contributed by atoms with Crippen molar-refractivity contribution in [2.75, 3.05) is 7.05 Å². The maximum absolute atomic E-state index is 10.0. The van der Waals surface area contributed by atoms with Crippen molar-refractivity contribution < 1.29 is 4.79 Å². The van der Waals surface area contributed by atoms with Gasteiger partial charge in [-0.3, -0.25) is 23.8 Å². The number of aromatic nitrogens is 8. The van der Waals surface area contributed by atoms with Gasteiger partial charge in [-0.05, 0) is 76.6 Å². The summed E-state index contributed by atoms with van der Waals surface area (Å²) in [6, 6.07) is 9.37. The van der Waals surface area contributed by atoms with E-state index in [0.717, 1.165) is 55.4 Å². The van der Waals surface area contributed by atoms with Crippen LogP contribution in [0.25, 0.3) is 28.2 Å². The molecule has 4 unspecified atom stereocenters. The van der Waals surface area contributed by atoms with Crippen LogP contribution in [0, 0.1) is 30.1 Å². The Bertz CT molecular complexity index is 1980. The van der Waals surface area contributed by atoms with Crippen LogP contribution in [0.15, 0.2) is 48.6 Å². The van der Waals surface area contributed by atoms with Gasteiger partial charge in [0.15, 0.2) is 0 Å². The van der Waals surface area contributed by atoms with Gasteiger partial charge in [0.1, 0.15) is 6.07 Å². The number of nitriles is 1. The predicted molar refractivity (Wildman–Crippen MR) is 177 cm³/mol. The summed E-state index contributed by atoms with van der Waals surface area (Å²) in [5.41, 5.74) is 9.06. The summed E-state index contributed by atoms with van der Waals surface area (Å²) in [7, 11) is 4.11. The molecule has 0 saturated heterocycles. The highest BCUT2D eigenvalue weighted by Crippen LogP contribution is 2.50. The summed E-state index contributed by atoms with van der Waals surface area (Å²) in [4.78, 5) is 13.6. The Morgan fingerprint density at radius 3 is 2.65 bits per heavy atom. The average molecular weight is 637 g/mol. The van der Waals surface area contributed by atoms with Gasteiger partial charge >= 0.3 is 0 Å². The number of halogens is 1. The fourth-order valence-corrected chi connectivity index (χ4v) is 8.46. The zero-order chi connectivity index (χ0) is 32.1. The van der Waals surface area contributed by atoms with E-state index in [0.29, 0.717) is 18.5 Å². The van der Waals surface area contributed by atoms with Crippen molar-refractivity contribution in [2.24, 2.45) is 18.9 Å². The predicted octanol–water partition coefficient (Wildman–Crippen LogP) is 5.37. The Kier molecular flexibility index (Phi) is 7.87. The lowest BCUT2D eigenvalue weighted by Crippen LogP contribution is -2.41. The summed E-state index contributed by atoms with van der Waals surface area (Å²) < 4.78 is 5.38. The number of H-pyrrole nitrogens is 1. The highest BCUT2D eigenvalue weighted by Gasteiger charge is 2.44. The summed E-state index contributed by atoms with van der Waals surface area (Å²) in [6.07, 6.45) is 14.4. The maximum Gasteiger partial charge on any atom is 0.220 e. The molecule has 3 aliphatic rings. The van der Waals surface area contributed by atoms with Crippen molar-refractivity contribution >= 4 is 35.0 Å². The topological polar surface area (TPSA) is 135 Å². The van der Waals surface area contributed by atoms with Gasteiger partial charge < -0.3 is 5.32 Å². The number of fused-ring (bicyclic) bond motifs is 4. The average Bonchev–Trinajstić information content (AvgIpc) is 3.89. The summed E-state index contributed by atoms with van der Waals surface area (Å²) in [6.45, 7) is 4.36. The van der Waals surface area contributed by atoms with Crippen molar-refractivity contribution in [3.8, 4) is 17.3 Å². The van der Waals surface area contributed by atoms with E-state index in [-0.39, 0.29) is 17.1 Å². The molecule has 3 aliphatic carbocycles. The number of hydrogen-bond donors (Lipinski definition) is 2. The second-order valence-corrected chi connectivity index (χ2v) is 13.2. The van der Waals surface area contributed by atoms with Crippen molar-refractivity contribution in [1.29, 1.82) is 5.26 Å². The molecule has 2 saturated carbocycles. The van der Waals surface area contributed by atoms with E-state index in [4.69, 9.17) is 22.0 Å². The van der Waals surface area contributed by atoms with Gasteiger partial charge in [-0.25, -0.2) is 4.98 Å². The normalized spacial score (nSPS) is 25.0. The number of hydrogen-bond acceptors (Lipinski definition) is 7. The summed E-state index contributed by atoms with van der Waals surface area (Å²) >= 11 is 7.20. The zero-order valence-corrected chi connectivity index (χ0v) is 27.1. The molecule has 1 aromatic carbocycles. The number of allylic oxidation sites excluding steroid dienone is 1. The Morgan fingerprint density at radius 2 is 1.96 bits per heavy atom. The molecule has 0 spiro atoms. The molecule has 0 aliphatic heterocycles. The van der Waals surface area contributed by atoms with Gasteiger partial charge in [0.05, 0.1) is 40.7 Å². The first-order chi connectivity index (χ1) is 22.3. The molecule has 8 rings (SSSR count). The molecule has 46 heavy (non-hydrogen) atoms. The lowest BCUT2D eigenvalue weighted by molar-refractivity contribution is 0.193.